The number of aliphatic hydroxyl groups is 1. The Morgan fingerprint density at radius 1 is 0.974 bits per heavy atom. The molecule has 7 heteroatoms. The first kappa shape index (κ1) is 29.7. The van der Waals surface area contributed by atoms with Crippen LogP contribution >= 0.6 is 11.6 Å². The average molecular weight is 542 g/mol. The summed E-state index contributed by atoms with van der Waals surface area (Å²) in [5.41, 5.74) is -0.367. The summed E-state index contributed by atoms with van der Waals surface area (Å²) in [4.78, 5) is 27.4. The van der Waals surface area contributed by atoms with Crippen molar-refractivity contribution >= 4 is 23.5 Å². The van der Waals surface area contributed by atoms with Gasteiger partial charge >= 0.3 is 11.9 Å². The Bertz CT molecular complexity index is 1160. The Morgan fingerprint density at radius 2 is 1.55 bits per heavy atom. The average Bonchev–Trinajstić information content (AvgIpc) is 2.76. The Hall–Kier alpha value is -2.83. The Labute approximate surface area is 231 Å². The van der Waals surface area contributed by atoms with Crippen LogP contribution in [-0.4, -0.2) is 40.4 Å². The number of carbonyl (C=O) groups is 2. The van der Waals surface area contributed by atoms with Crippen LogP contribution in [0.15, 0.2) is 65.9 Å². The molecule has 0 fully saturated rings. The molecule has 3 rings (SSSR count). The van der Waals surface area contributed by atoms with Gasteiger partial charge in [0.15, 0.2) is 0 Å². The fourth-order valence-electron chi connectivity index (χ4n) is 4.80. The molecular weight excluding hydrogens is 502 g/mol. The molecule has 2 aromatic carbocycles. The van der Waals surface area contributed by atoms with Crippen LogP contribution < -0.4 is 5.32 Å². The maximum atomic E-state index is 13.8. The number of hydrogen-bond donors (Lipinski definition) is 2. The van der Waals surface area contributed by atoms with E-state index in [1.807, 2.05) is 30.3 Å². The summed E-state index contributed by atoms with van der Waals surface area (Å²) >= 11 is 6.18. The molecule has 6 nitrogen and oxygen atoms in total. The summed E-state index contributed by atoms with van der Waals surface area (Å²) in [6.07, 6.45) is 0.777. The van der Waals surface area contributed by atoms with E-state index in [9.17, 15) is 14.7 Å². The van der Waals surface area contributed by atoms with Gasteiger partial charge in [-0.3, -0.25) is 4.79 Å². The Balaban J connectivity index is 2.15. The van der Waals surface area contributed by atoms with Crippen molar-refractivity contribution < 1.29 is 24.2 Å². The van der Waals surface area contributed by atoms with Gasteiger partial charge < -0.3 is 19.9 Å². The number of hydrogen-bond acceptors (Lipinski definition) is 6. The molecule has 0 saturated carbocycles. The molecule has 3 atom stereocenters. The number of halogens is 1. The normalized spacial score (nSPS) is 22.1. The quantitative estimate of drug-likeness (QED) is 0.420. The van der Waals surface area contributed by atoms with Crippen LogP contribution in [0.5, 0.6) is 0 Å². The topological polar surface area (TPSA) is 84.9 Å². The first-order chi connectivity index (χ1) is 17.6. The van der Waals surface area contributed by atoms with E-state index in [4.69, 9.17) is 21.1 Å². The van der Waals surface area contributed by atoms with E-state index in [1.165, 1.54) is 0 Å². The molecule has 0 bridgehead atoms. The minimum Gasteiger partial charge on any atom is -0.460 e. The summed E-state index contributed by atoms with van der Waals surface area (Å²) < 4.78 is 11.6. The lowest BCUT2D eigenvalue weighted by Crippen LogP contribution is -2.52. The van der Waals surface area contributed by atoms with Crippen molar-refractivity contribution in [2.24, 2.45) is 5.92 Å². The third-order valence-corrected chi connectivity index (χ3v) is 6.53. The lowest BCUT2D eigenvalue weighted by atomic mass is 9.65. The highest BCUT2D eigenvalue weighted by Gasteiger charge is 2.53. The molecule has 206 valence electrons. The maximum Gasteiger partial charge on any atom is 0.336 e. The third kappa shape index (κ3) is 7.84. The molecule has 2 N–H and O–H groups in total. The molecule has 0 amide bonds. The minimum atomic E-state index is -1.51. The van der Waals surface area contributed by atoms with Crippen molar-refractivity contribution in [3.8, 4) is 0 Å². The van der Waals surface area contributed by atoms with Crippen LogP contribution in [0.2, 0.25) is 5.02 Å². The molecule has 0 spiro atoms. The first-order valence-electron chi connectivity index (χ1n) is 13.0. The molecule has 0 radical (unpaired) electrons. The van der Waals surface area contributed by atoms with Crippen LogP contribution in [0.25, 0.3) is 0 Å². The van der Waals surface area contributed by atoms with E-state index in [1.54, 1.807) is 72.7 Å². The Morgan fingerprint density at radius 3 is 2.11 bits per heavy atom. The smallest absolute Gasteiger partial charge is 0.336 e. The summed E-state index contributed by atoms with van der Waals surface area (Å²) in [6.45, 7) is 12.9. The predicted octanol–water partition coefficient (Wildman–Crippen LogP) is 5.96. The standard InChI is InChI=1S/C31H40ClNO5/c1-29(2,3)37-27(34)25-23(33-18-17-20-11-9-8-10-12-20)19-31(7,36)26(28(35)38-30(4,5)6)24(25)21-13-15-22(32)16-14-21/h8-16,24,26,33,36H,17-19H2,1-7H3/t24-,26-,31-/m1/s1. The zero-order chi connectivity index (χ0) is 28.3. The highest BCUT2D eigenvalue weighted by atomic mass is 35.5. The van der Waals surface area contributed by atoms with Crippen LogP contribution in [0, 0.1) is 5.92 Å². The lowest BCUT2D eigenvalue weighted by Gasteiger charge is -2.44. The van der Waals surface area contributed by atoms with Gasteiger partial charge in [-0.2, -0.15) is 0 Å². The highest BCUT2D eigenvalue weighted by molar-refractivity contribution is 6.30. The van der Waals surface area contributed by atoms with E-state index < -0.39 is 40.6 Å². The van der Waals surface area contributed by atoms with Crippen molar-refractivity contribution in [2.75, 3.05) is 6.54 Å². The number of ether oxygens (including phenoxy) is 2. The zero-order valence-electron chi connectivity index (χ0n) is 23.4. The molecule has 2 aromatic rings. The summed E-state index contributed by atoms with van der Waals surface area (Å²) in [5, 5.41) is 15.7. The van der Waals surface area contributed by atoms with Crippen molar-refractivity contribution in [3.63, 3.8) is 0 Å². The molecular formula is C31H40ClNO5. The van der Waals surface area contributed by atoms with Gasteiger partial charge in [-0.25, -0.2) is 4.79 Å². The van der Waals surface area contributed by atoms with Gasteiger partial charge in [-0.05, 0) is 78.1 Å². The molecule has 0 saturated heterocycles. The number of esters is 2. The van der Waals surface area contributed by atoms with Crippen LogP contribution in [0.4, 0.5) is 0 Å². The molecule has 0 aromatic heterocycles. The van der Waals surface area contributed by atoms with Crippen molar-refractivity contribution in [1.29, 1.82) is 0 Å². The van der Waals surface area contributed by atoms with Gasteiger partial charge in [0, 0.05) is 29.6 Å². The van der Waals surface area contributed by atoms with Crippen molar-refractivity contribution in [1.82, 2.24) is 5.32 Å². The third-order valence-electron chi connectivity index (χ3n) is 6.28. The summed E-state index contributed by atoms with van der Waals surface area (Å²) in [6, 6.07) is 17.0. The second-order valence-corrected chi connectivity index (χ2v) is 12.6. The minimum absolute atomic E-state index is 0.0599. The summed E-state index contributed by atoms with van der Waals surface area (Å²) in [5.74, 6) is -2.99. The van der Waals surface area contributed by atoms with E-state index in [0.717, 1.165) is 12.0 Å². The zero-order valence-corrected chi connectivity index (χ0v) is 24.2. The number of nitrogens with one attached hydrogen (secondary N) is 1. The number of rotatable bonds is 7. The fourth-order valence-corrected chi connectivity index (χ4v) is 4.93. The van der Waals surface area contributed by atoms with E-state index in [0.29, 0.717) is 28.4 Å². The van der Waals surface area contributed by atoms with Crippen molar-refractivity contribution in [2.45, 2.75) is 84.0 Å². The van der Waals surface area contributed by atoms with Crippen molar-refractivity contribution in [3.05, 3.63) is 82.0 Å². The second-order valence-electron chi connectivity index (χ2n) is 12.1. The largest absolute Gasteiger partial charge is 0.460 e. The number of benzene rings is 2. The van der Waals surface area contributed by atoms with Crippen LogP contribution in [0.1, 0.15) is 71.9 Å². The molecule has 0 aliphatic heterocycles. The monoisotopic (exact) mass is 541 g/mol. The van der Waals surface area contributed by atoms with Gasteiger partial charge in [0.2, 0.25) is 0 Å². The Kier molecular flexibility index (Phi) is 9.00. The fraction of sp³-hybridized carbons (Fsp3) is 0.484. The molecule has 0 heterocycles. The lowest BCUT2D eigenvalue weighted by molar-refractivity contribution is -0.171. The molecule has 1 aliphatic rings. The van der Waals surface area contributed by atoms with Gasteiger partial charge in [-0.15, -0.1) is 0 Å². The summed E-state index contributed by atoms with van der Waals surface area (Å²) in [7, 11) is 0. The van der Waals surface area contributed by atoms with Crippen LogP contribution in [0.3, 0.4) is 0 Å². The van der Waals surface area contributed by atoms with E-state index >= 15 is 0 Å². The van der Waals surface area contributed by atoms with E-state index in [2.05, 4.69) is 5.32 Å². The first-order valence-corrected chi connectivity index (χ1v) is 13.4. The van der Waals surface area contributed by atoms with Gasteiger partial charge in [0.1, 0.15) is 11.2 Å². The second kappa shape index (κ2) is 11.5. The highest BCUT2D eigenvalue weighted by Crippen LogP contribution is 2.48. The van der Waals surface area contributed by atoms with Gasteiger partial charge in [-0.1, -0.05) is 54.1 Å². The van der Waals surface area contributed by atoms with E-state index in [-0.39, 0.29) is 6.42 Å². The van der Waals surface area contributed by atoms with Gasteiger partial charge in [0.25, 0.3) is 0 Å². The number of carbonyl (C=O) groups excluding carboxylic acids is 2. The van der Waals surface area contributed by atoms with Crippen LogP contribution in [-0.2, 0) is 25.5 Å². The molecule has 0 unspecified atom stereocenters. The SMILES string of the molecule is CC(C)(C)OC(=O)C1=C(NCCc2ccccc2)C[C@@](C)(O)[C@@H](C(=O)OC(C)(C)C)[C@@H]1c1ccc(Cl)cc1. The predicted molar refractivity (Wildman–Crippen MR) is 150 cm³/mol. The van der Waals surface area contributed by atoms with Gasteiger partial charge in [0.05, 0.1) is 17.1 Å². The maximum absolute atomic E-state index is 13.8. The molecule has 38 heavy (non-hydrogen) atoms. The molecule has 1 aliphatic carbocycles.